The van der Waals surface area contributed by atoms with Crippen LogP contribution in [0.1, 0.15) is 22.3 Å². The first-order valence-corrected chi connectivity index (χ1v) is 8.89. The summed E-state index contributed by atoms with van der Waals surface area (Å²) in [5.41, 5.74) is 3.05. The zero-order valence-corrected chi connectivity index (χ0v) is 15.0. The Bertz CT molecular complexity index is 1210. The van der Waals surface area contributed by atoms with Gasteiger partial charge in [0.1, 0.15) is 23.0 Å². The minimum atomic E-state index is -0.324. The molecule has 2 aromatic heterocycles. The Kier molecular flexibility index (Phi) is 4.70. The molecule has 0 fully saturated rings. The Morgan fingerprint density at radius 3 is 2.43 bits per heavy atom. The summed E-state index contributed by atoms with van der Waals surface area (Å²) in [6.45, 7) is 0.376. The Morgan fingerprint density at radius 1 is 1.07 bits per heavy atom. The van der Waals surface area contributed by atoms with Crippen LogP contribution in [0.3, 0.4) is 0 Å². The van der Waals surface area contributed by atoms with Gasteiger partial charge in [0, 0.05) is 18.7 Å². The second-order valence-electron chi connectivity index (χ2n) is 6.27. The minimum Gasteiger partial charge on any atom is -0.396 e. The second kappa shape index (κ2) is 7.47. The van der Waals surface area contributed by atoms with E-state index in [2.05, 4.69) is 21.4 Å². The highest BCUT2D eigenvalue weighted by atomic mass is 16.3. The molecular formula is C21H17N5O2. The summed E-state index contributed by atoms with van der Waals surface area (Å²) >= 11 is 0. The maximum Gasteiger partial charge on any atom is 0.256 e. The second-order valence-corrected chi connectivity index (χ2v) is 6.27. The molecule has 0 saturated carbocycles. The van der Waals surface area contributed by atoms with Gasteiger partial charge in [-0.25, -0.2) is 9.97 Å². The maximum atomic E-state index is 12.7. The van der Waals surface area contributed by atoms with Crippen LogP contribution in [0.5, 0.6) is 0 Å². The zero-order chi connectivity index (χ0) is 19.5. The lowest BCUT2D eigenvalue weighted by Crippen LogP contribution is -2.16. The third-order valence-corrected chi connectivity index (χ3v) is 4.47. The number of anilines is 1. The standard InChI is InChI=1S/C21H17N5O2/c22-13-15-18-20(24-17-10-5-4-9-16(17)23-18)26(11-6-12-27)19(15)25-21(28)14-7-2-1-3-8-14/h1-5,7-10,27H,6,11-12H2,(H,25,28). The van der Waals surface area contributed by atoms with Crippen LogP contribution in [0.25, 0.3) is 22.2 Å². The molecule has 0 spiro atoms. The first-order valence-electron chi connectivity index (χ1n) is 8.89. The van der Waals surface area contributed by atoms with E-state index in [0.29, 0.717) is 46.5 Å². The average Bonchev–Trinajstić information content (AvgIpc) is 3.02. The highest BCUT2D eigenvalue weighted by molar-refractivity contribution is 6.06. The number of aryl methyl sites for hydroxylation is 1. The van der Waals surface area contributed by atoms with Crippen molar-refractivity contribution in [3.63, 3.8) is 0 Å². The summed E-state index contributed by atoms with van der Waals surface area (Å²) in [6, 6.07) is 18.3. The van der Waals surface area contributed by atoms with Crippen molar-refractivity contribution in [1.82, 2.24) is 14.5 Å². The number of aliphatic hydroxyl groups is 1. The quantitative estimate of drug-likeness (QED) is 0.561. The van der Waals surface area contributed by atoms with Crippen molar-refractivity contribution in [3.05, 3.63) is 65.7 Å². The molecule has 0 aliphatic heterocycles. The summed E-state index contributed by atoms with van der Waals surface area (Å²) in [5.74, 6) is 0.0184. The summed E-state index contributed by atoms with van der Waals surface area (Å²) in [5, 5.41) is 21.9. The molecule has 28 heavy (non-hydrogen) atoms. The summed E-state index contributed by atoms with van der Waals surface area (Å²) in [4.78, 5) is 21.9. The van der Waals surface area contributed by atoms with Gasteiger partial charge in [0.05, 0.1) is 11.0 Å². The summed E-state index contributed by atoms with van der Waals surface area (Å²) in [6.07, 6.45) is 0.456. The number of carbonyl (C=O) groups excluding carboxylic acids is 1. The van der Waals surface area contributed by atoms with Gasteiger partial charge >= 0.3 is 0 Å². The zero-order valence-electron chi connectivity index (χ0n) is 15.0. The van der Waals surface area contributed by atoms with Crippen LogP contribution < -0.4 is 5.32 Å². The van der Waals surface area contributed by atoms with Crippen LogP contribution in [0, 0.1) is 11.3 Å². The van der Waals surface area contributed by atoms with Crippen molar-refractivity contribution in [2.75, 3.05) is 11.9 Å². The van der Waals surface area contributed by atoms with Gasteiger partial charge in [-0.1, -0.05) is 30.3 Å². The SMILES string of the molecule is N#Cc1c(NC(=O)c2ccccc2)n(CCCO)c2nc3ccccc3nc12. The monoisotopic (exact) mass is 371 g/mol. The Morgan fingerprint density at radius 2 is 1.75 bits per heavy atom. The van der Waals surface area contributed by atoms with E-state index in [4.69, 9.17) is 0 Å². The molecule has 138 valence electrons. The molecular weight excluding hydrogens is 354 g/mol. The molecule has 0 aliphatic rings. The van der Waals surface area contributed by atoms with Crippen molar-refractivity contribution in [3.8, 4) is 6.07 Å². The molecule has 0 unspecified atom stereocenters. The van der Waals surface area contributed by atoms with Gasteiger partial charge in [-0.3, -0.25) is 4.79 Å². The van der Waals surface area contributed by atoms with Gasteiger partial charge in [-0.2, -0.15) is 5.26 Å². The van der Waals surface area contributed by atoms with Gasteiger partial charge < -0.3 is 15.0 Å². The third kappa shape index (κ3) is 3.06. The predicted octanol–water partition coefficient (Wildman–Crippen LogP) is 3.09. The van der Waals surface area contributed by atoms with E-state index in [1.807, 2.05) is 30.3 Å². The van der Waals surface area contributed by atoms with Gasteiger partial charge in [0.2, 0.25) is 0 Å². The van der Waals surface area contributed by atoms with Crippen LogP contribution in [0.2, 0.25) is 0 Å². The summed E-state index contributed by atoms with van der Waals surface area (Å²) < 4.78 is 1.74. The van der Waals surface area contributed by atoms with E-state index in [9.17, 15) is 15.2 Å². The fourth-order valence-electron chi connectivity index (χ4n) is 3.15. The van der Waals surface area contributed by atoms with Crippen LogP contribution in [0.4, 0.5) is 5.82 Å². The lowest BCUT2D eigenvalue weighted by molar-refractivity contribution is 0.102. The number of hydrogen-bond donors (Lipinski definition) is 2. The maximum absolute atomic E-state index is 12.7. The van der Waals surface area contributed by atoms with E-state index >= 15 is 0 Å². The number of carbonyl (C=O) groups is 1. The van der Waals surface area contributed by atoms with Crippen molar-refractivity contribution < 1.29 is 9.90 Å². The van der Waals surface area contributed by atoms with Crippen LogP contribution >= 0.6 is 0 Å². The molecule has 2 N–H and O–H groups in total. The molecule has 4 aromatic rings. The topological polar surface area (TPSA) is 104 Å². The number of nitrogens with zero attached hydrogens (tertiary/aromatic N) is 4. The number of aromatic nitrogens is 3. The number of aliphatic hydroxyl groups excluding tert-OH is 1. The van der Waals surface area contributed by atoms with Crippen LogP contribution in [-0.4, -0.2) is 32.2 Å². The summed E-state index contributed by atoms with van der Waals surface area (Å²) in [7, 11) is 0. The fraction of sp³-hybridized carbons (Fsp3) is 0.143. The van der Waals surface area contributed by atoms with E-state index in [-0.39, 0.29) is 18.1 Å². The number of fused-ring (bicyclic) bond motifs is 2. The van der Waals surface area contributed by atoms with Gasteiger partial charge in [0.15, 0.2) is 5.65 Å². The molecule has 0 radical (unpaired) electrons. The molecule has 2 heterocycles. The Balaban J connectivity index is 1.91. The molecule has 7 heteroatoms. The van der Waals surface area contributed by atoms with E-state index < -0.39 is 0 Å². The molecule has 0 atom stereocenters. The lowest BCUT2D eigenvalue weighted by atomic mass is 10.2. The number of nitrogens with one attached hydrogen (secondary N) is 1. The van der Waals surface area contributed by atoms with Crippen molar-refractivity contribution in [1.29, 1.82) is 5.26 Å². The normalized spacial score (nSPS) is 10.9. The Labute approximate surface area is 160 Å². The largest absolute Gasteiger partial charge is 0.396 e. The minimum absolute atomic E-state index is 0.0192. The van der Waals surface area contributed by atoms with Gasteiger partial charge in [0.25, 0.3) is 5.91 Å². The molecule has 2 aromatic carbocycles. The lowest BCUT2D eigenvalue weighted by Gasteiger charge is -2.11. The van der Waals surface area contributed by atoms with Crippen LogP contribution in [-0.2, 0) is 6.54 Å². The number of para-hydroxylation sites is 2. The number of hydrogen-bond acceptors (Lipinski definition) is 5. The number of rotatable bonds is 5. The molecule has 7 nitrogen and oxygen atoms in total. The Hall–Kier alpha value is -3.76. The van der Waals surface area contributed by atoms with Crippen LogP contribution in [0.15, 0.2) is 54.6 Å². The van der Waals surface area contributed by atoms with Crippen molar-refractivity contribution in [2.24, 2.45) is 0 Å². The van der Waals surface area contributed by atoms with Crippen molar-refractivity contribution >= 4 is 33.9 Å². The third-order valence-electron chi connectivity index (χ3n) is 4.47. The molecule has 1 amide bonds. The molecule has 0 saturated heterocycles. The smallest absolute Gasteiger partial charge is 0.256 e. The number of nitriles is 1. The van der Waals surface area contributed by atoms with E-state index in [0.717, 1.165) is 0 Å². The highest BCUT2D eigenvalue weighted by Crippen LogP contribution is 2.29. The molecule has 0 bridgehead atoms. The predicted molar refractivity (Wildman–Crippen MR) is 106 cm³/mol. The number of benzene rings is 2. The molecule has 4 rings (SSSR count). The highest BCUT2D eigenvalue weighted by Gasteiger charge is 2.22. The first-order chi connectivity index (χ1) is 13.7. The van der Waals surface area contributed by atoms with Gasteiger partial charge in [-0.15, -0.1) is 0 Å². The molecule has 0 aliphatic carbocycles. The van der Waals surface area contributed by atoms with Gasteiger partial charge in [-0.05, 0) is 30.7 Å². The fourth-order valence-corrected chi connectivity index (χ4v) is 3.15. The van der Waals surface area contributed by atoms with E-state index in [1.165, 1.54) is 0 Å². The first kappa shape index (κ1) is 17.6. The number of amides is 1. The van der Waals surface area contributed by atoms with E-state index in [1.54, 1.807) is 28.8 Å². The average molecular weight is 371 g/mol. The van der Waals surface area contributed by atoms with Crippen molar-refractivity contribution in [2.45, 2.75) is 13.0 Å².